The molecule has 0 aromatic heterocycles. The van der Waals surface area contributed by atoms with Crippen LogP contribution in [0.3, 0.4) is 0 Å². The molecule has 0 bridgehead atoms. The van der Waals surface area contributed by atoms with Gasteiger partial charge in [-0.1, -0.05) is 60.7 Å². The van der Waals surface area contributed by atoms with Gasteiger partial charge in [-0.2, -0.15) is 0 Å². The maximum atomic E-state index is 10.5. The number of aromatic hydroxyl groups is 1. The van der Waals surface area contributed by atoms with Gasteiger partial charge in [0, 0.05) is 18.2 Å². The molecule has 0 aliphatic carbocycles. The Morgan fingerprint density at radius 2 is 1.61 bits per heavy atom. The number of aliphatic hydroxyl groups is 1. The van der Waals surface area contributed by atoms with Crippen LogP contribution in [0.5, 0.6) is 5.75 Å². The fraction of sp³-hybridized carbons (Fsp3) is 0.200. The first-order valence-electron chi connectivity index (χ1n) is 7.88. The van der Waals surface area contributed by atoms with Crippen LogP contribution < -0.4 is 5.32 Å². The Balaban J connectivity index is 2.04. The Labute approximate surface area is 136 Å². The lowest BCUT2D eigenvalue weighted by Crippen LogP contribution is -2.26. The number of phenols is 1. The third-order valence-electron chi connectivity index (χ3n) is 4.08. The third-order valence-corrected chi connectivity index (χ3v) is 4.08. The Morgan fingerprint density at radius 3 is 2.39 bits per heavy atom. The number of hydrogen-bond acceptors (Lipinski definition) is 3. The molecule has 0 unspecified atom stereocenters. The van der Waals surface area contributed by atoms with Crippen LogP contribution in [-0.4, -0.2) is 23.4 Å². The number of nitrogens with one attached hydrogen (secondary N) is 1. The zero-order valence-electron chi connectivity index (χ0n) is 12.9. The van der Waals surface area contributed by atoms with Crippen molar-refractivity contribution in [2.45, 2.75) is 12.5 Å². The molecule has 3 aromatic rings. The Kier molecular flexibility index (Phi) is 4.91. The van der Waals surface area contributed by atoms with Gasteiger partial charge in [0.15, 0.2) is 0 Å². The van der Waals surface area contributed by atoms with Crippen molar-refractivity contribution < 1.29 is 10.2 Å². The molecule has 23 heavy (non-hydrogen) atoms. The minimum absolute atomic E-state index is 0.0596. The van der Waals surface area contributed by atoms with Crippen LogP contribution in [0.4, 0.5) is 0 Å². The Hall–Kier alpha value is -2.36. The van der Waals surface area contributed by atoms with Crippen molar-refractivity contribution in [1.82, 2.24) is 5.32 Å². The molecule has 3 rings (SSSR count). The maximum absolute atomic E-state index is 10.5. The molecule has 0 radical (unpaired) electrons. The van der Waals surface area contributed by atoms with Crippen LogP contribution in [-0.2, 0) is 6.42 Å². The summed E-state index contributed by atoms with van der Waals surface area (Å²) in [5, 5.41) is 25.1. The molecule has 3 nitrogen and oxygen atoms in total. The summed E-state index contributed by atoms with van der Waals surface area (Å²) in [4.78, 5) is 0. The number of fused-ring (bicyclic) bond motifs is 1. The second-order valence-electron chi connectivity index (χ2n) is 5.64. The molecular formula is C20H21NO2. The quantitative estimate of drug-likeness (QED) is 0.654. The van der Waals surface area contributed by atoms with E-state index in [4.69, 9.17) is 0 Å². The van der Waals surface area contributed by atoms with E-state index in [-0.39, 0.29) is 18.4 Å². The zero-order chi connectivity index (χ0) is 16.1. The van der Waals surface area contributed by atoms with Gasteiger partial charge in [0.2, 0.25) is 0 Å². The number of hydrogen-bond donors (Lipinski definition) is 3. The zero-order valence-corrected chi connectivity index (χ0v) is 12.9. The van der Waals surface area contributed by atoms with Crippen molar-refractivity contribution in [3.05, 3.63) is 77.9 Å². The van der Waals surface area contributed by atoms with E-state index in [2.05, 4.69) is 17.4 Å². The van der Waals surface area contributed by atoms with Gasteiger partial charge >= 0.3 is 0 Å². The fourth-order valence-electron chi connectivity index (χ4n) is 3.02. The minimum Gasteiger partial charge on any atom is -0.508 e. The number of rotatable bonds is 6. The van der Waals surface area contributed by atoms with Crippen molar-refractivity contribution in [3.63, 3.8) is 0 Å². The number of phenolic OH excluding ortho intramolecular Hbond substituents is 1. The third kappa shape index (κ3) is 3.52. The summed E-state index contributed by atoms with van der Waals surface area (Å²) >= 11 is 0. The summed E-state index contributed by atoms with van der Waals surface area (Å²) in [7, 11) is 0. The van der Waals surface area contributed by atoms with Crippen molar-refractivity contribution in [2.75, 3.05) is 13.2 Å². The molecule has 3 N–H and O–H groups in total. The molecule has 0 heterocycles. The molecule has 0 saturated heterocycles. The minimum atomic E-state index is -0.0596. The van der Waals surface area contributed by atoms with Crippen molar-refractivity contribution in [2.24, 2.45) is 0 Å². The molecular weight excluding hydrogens is 286 g/mol. The highest BCUT2D eigenvalue weighted by Crippen LogP contribution is 2.34. The highest BCUT2D eigenvalue weighted by molar-refractivity contribution is 5.88. The molecule has 0 aliphatic heterocycles. The predicted molar refractivity (Wildman–Crippen MR) is 93.6 cm³/mol. The smallest absolute Gasteiger partial charge is 0.121 e. The largest absolute Gasteiger partial charge is 0.508 e. The summed E-state index contributed by atoms with van der Waals surface area (Å²) < 4.78 is 0. The predicted octanol–water partition coefficient (Wildman–Crippen LogP) is 3.41. The second kappa shape index (κ2) is 7.27. The summed E-state index contributed by atoms with van der Waals surface area (Å²) in [6.07, 6.45) is 0.752. The van der Waals surface area contributed by atoms with E-state index < -0.39 is 0 Å². The Morgan fingerprint density at radius 1 is 0.870 bits per heavy atom. The van der Waals surface area contributed by atoms with Crippen molar-refractivity contribution in [1.29, 1.82) is 0 Å². The highest BCUT2D eigenvalue weighted by Gasteiger charge is 2.18. The van der Waals surface area contributed by atoms with Crippen LogP contribution in [0.15, 0.2) is 66.7 Å². The van der Waals surface area contributed by atoms with Gasteiger partial charge in [-0.3, -0.25) is 0 Å². The standard InChI is InChI=1S/C20H21NO2/c22-13-12-21-18(14-15-6-2-1-3-7-15)20-17-9-5-4-8-16(17)10-11-19(20)23/h1-11,18,21-23H,12-14H2/t18-/m0/s1. The lowest BCUT2D eigenvalue weighted by molar-refractivity contribution is 0.283. The van der Waals surface area contributed by atoms with E-state index in [1.165, 1.54) is 5.56 Å². The average molecular weight is 307 g/mol. The molecule has 0 spiro atoms. The van der Waals surface area contributed by atoms with Gasteiger partial charge in [-0.15, -0.1) is 0 Å². The Bertz CT molecular complexity index is 771. The number of benzene rings is 3. The van der Waals surface area contributed by atoms with E-state index in [9.17, 15) is 10.2 Å². The van der Waals surface area contributed by atoms with Crippen molar-refractivity contribution >= 4 is 10.8 Å². The first-order valence-corrected chi connectivity index (χ1v) is 7.88. The molecule has 0 amide bonds. The molecule has 0 aliphatic rings. The van der Waals surface area contributed by atoms with Crippen LogP contribution >= 0.6 is 0 Å². The van der Waals surface area contributed by atoms with Gasteiger partial charge in [0.05, 0.1) is 6.61 Å². The van der Waals surface area contributed by atoms with Gasteiger partial charge < -0.3 is 15.5 Å². The second-order valence-corrected chi connectivity index (χ2v) is 5.64. The van der Waals surface area contributed by atoms with E-state index in [0.29, 0.717) is 6.54 Å². The highest BCUT2D eigenvalue weighted by atomic mass is 16.3. The van der Waals surface area contributed by atoms with Gasteiger partial charge in [0.25, 0.3) is 0 Å². The van der Waals surface area contributed by atoms with Crippen LogP contribution in [0.1, 0.15) is 17.2 Å². The van der Waals surface area contributed by atoms with E-state index >= 15 is 0 Å². The lowest BCUT2D eigenvalue weighted by Gasteiger charge is -2.22. The molecule has 3 aromatic carbocycles. The van der Waals surface area contributed by atoms with E-state index in [1.54, 1.807) is 6.07 Å². The normalized spacial score (nSPS) is 12.4. The summed E-state index contributed by atoms with van der Waals surface area (Å²) in [5.41, 5.74) is 2.08. The molecule has 0 saturated carbocycles. The first kappa shape index (κ1) is 15.5. The maximum Gasteiger partial charge on any atom is 0.121 e. The van der Waals surface area contributed by atoms with Crippen LogP contribution in [0.25, 0.3) is 10.8 Å². The summed E-state index contributed by atoms with van der Waals surface area (Å²) in [5.74, 6) is 0.287. The first-order chi connectivity index (χ1) is 11.3. The SMILES string of the molecule is OCCN[C@@H](Cc1ccccc1)c1c(O)ccc2ccccc12. The summed E-state index contributed by atoms with van der Waals surface area (Å²) in [6.45, 7) is 0.553. The van der Waals surface area contributed by atoms with E-state index in [0.717, 1.165) is 22.8 Å². The number of aliphatic hydroxyl groups excluding tert-OH is 1. The lowest BCUT2D eigenvalue weighted by atomic mass is 9.93. The van der Waals surface area contributed by atoms with Crippen LogP contribution in [0, 0.1) is 0 Å². The van der Waals surface area contributed by atoms with Gasteiger partial charge in [-0.25, -0.2) is 0 Å². The average Bonchev–Trinajstić information content (AvgIpc) is 2.60. The summed E-state index contributed by atoms with van der Waals surface area (Å²) in [6, 6.07) is 21.9. The fourth-order valence-corrected chi connectivity index (χ4v) is 3.02. The van der Waals surface area contributed by atoms with Crippen molar-refractivity contribution in [3.8, 4) is 5.75 Å². The molecule has 3 heteroatoms. The molecule has 118 valence electrons. The van der Waals surface area contributed by atoms with E-state index in [1.807, 2.05) is 48.5 Å². The monoisotopic (exact) mass is 307 g/mol. The topological polar surface area (TPSA) is 52.5 Å². The molecule has 0 fully saturated rings. The molecule has 1 atom stereocenters. The van der Waals surface area contributed by atoms with Gasteiger partial charge in [0.1, 0.15) is 5.75 Å². The van der Waals surface area contributed by atoms with Gasteiger partial charge in [-0.05, 0) is 28.8 Å². The van der Waals surface area contributed by atoms with Crippen LogP contribution in [0.2, 0.25) is 0 Å².